The Labute approximate surface area is 154 Å². The van der Waals surface area contributed by atoms with Gasteiger partial charge >= 0.3 is 0 Å². The lowest BCUT2D eigenvalue weighted by Gasteiger charge is -2.30. The van der Waals surface area contributed by atoms with E-state index in [1.54, 1.807) is 7.11 Å². The molecular formula is C20H28N2O2S. The molecule has 0 saturated heterocycles. The number of benzene rings is 1. The van der Waals surface area contributed by atoms with Crippen molar-refractivity contribution in [1.82, 2.24) is 10.2 Å². The zero-order chi connectivity index (χ0) is 18.2. The number of carbonyl (C=O) groups is 1. The molecule has 4 nitrogen and oxygen atoms in total. The van der Waals surface area contributed by atoms with E-state index in [0.29, 0.717) is 6.54 Å². The van der Waals surface area contributed by atoms with E-state index < -0.39 is 0 Å². The van der Waals surface area contributed by atoms with E-state index in [9.17, 15) is 4.79 Å². The van der Waals surface area contributed by atoms with Crippen LogP contribution in [-0.2, 0) is 6.42 Å². The molecule has 0 spiro atoms. The summed E-state index contributed by atoms with van der Waals surface area (Å²) >= 11 is 1.51. The molecule has 136 valence electrons. The van der Waals surface area contributed by atoms with Gasteiger partial charge in [0, 0.05) is 6.54 Å². The molecule has 0 radical (unpaired) electrons. The highest BCUT2D eigenvalue weighted by molar-refractivity contribution is 7.12. The first kappa shape index (κ1) is 19.5. The smallest absolute Gasteiger partial charge is 0.261 e. The van der Waals surface area contributed by atoms with Crippen molar-refractivity contribution in [3.8, 4) is 5.75 Å². The van der Waals surface area contributed by atoms with E-state index in [1.165, 1.54) is 11.3 Å². The standard InChI is InChI=1S/C20H28N2O2S/c1-5-15-11-12-25-19(15)20(23)21-14-18(22(6-2)7-3)16-9-8-10-17(13-16)24-4/h8-13,18H,5-7,14H2,1-4H3,(H,21,23). The van der Waals surface area contributed by atoms with Crippen molar-refractivity contribution < 1.29 is 9.53 Å². The van der Waals surface area contributed by atoms with Crippen LogP contribution in [0.1, 0.15) is 47.6 Å². The van der Waals surface area contributed by atoms with Crippen LogP contribution >= 0.6 is 11.3 Å². The summed E-state index contributed by atoms with van der Waals surface area (Å²) < 4.78 is 5.36. The van der Waals surface area contributed by atoms with E-state index in [0.717, 1.165) is 41.3 Å². The summed E-state index contributed by atoms with van der Waals surface area (Å²) in [5.74, 6) is 0.861. The lowest BCUT2D eigenvalue weighted by Crippen LogP contribution is -2.38. The highest BCUT2D eigenvalue weighted by atomic mass is 32.1. The molecule has 0 aliphatic rings. The molecule has 5 heteroatoms. The Kier molecular flexibility index (Phi) is 7.47. The van der Waals surface area contributed by atoms with Crippen LogP contribution in [0.3, 0.4) is 0 Å². The van der Waals surface area contributed by atoms with Crippen LogP contribution in [-0.4, -0.2) is 37.6 Å². The fourth-order valence-electron chi connectivity index (χ4n) is 3.05. The molecule has 0 saturated carbocycles. The molecule has 0 aliphatic heterocycles. The summed E-state index contributed by atoms with van der Waals surface area (Å²) in [5.41, 5.74) is 2.27. The van der Waals surface area contributed by atoms with Gasteiger partial charge in [-0.15, -0.1) is 11.3 Å². The maximum atomic E-state index is 12.6. The number of nitrogens with one attached hydrogen (secondary N) is 1. The zero-order valence-electron chi connectivity index (χ0n) is 15.5. The van der Waals surface area contributed by atoms with E-state index in [-0.39, 0.29) is 11.9 Å². The maximum Gasteiger partial charge on any atom is 0.261 e. The summed E-state index contributed by atoms with van der Waals surface area (Å²) in [6.07, 6.45) is 0.877. The Morgan fingerprint density at radius 1 is 1.24 bits per heavy atom. The number of nitrogens with zero attached hydrogens (tertiary/aromatic N) is 1. The van der Waals surface area contributed by atoms with Gasteiger partial charge in [0.2, 0.25) is 0 Å². The molecule has 1 N–H and O–H groups in total. The predicted molar refractivity (Wildman–Crippen MR) is 105 cm³/mol. The molecule has 1 amide bonds. The SMILES string of the molecule is CCc1ccsc1C(=O)NCC(c1cccc(OC)c1)N(CC)CC. The van der Waals surface area contributed by atoms with Gasteiger partial charge in [0.1, 0.15) is 5.75 Å². The number of likely N-dealkylation sites (N-methyl/N-ethyl adjacent to an activating group) is 1. The second-order valence-electron chi connectivity index (χ2n) is 5.85. The van der Waals surface area contributed by atoms with Gasteiger partial charge < -0.3 is 10.1 Å². The van der Waals surface area contributed by atoms with Gasteiger partial charge in [-0.05, 0) is 54.2 Å². The van der Waals surface area contributed by atoms with Crippen molar-refractivity contribution in [3.05, 3.63) is 51.7 Å². The average Bonchev–Trinajstić information content (AvgIpc) is 3.13. The Morgan fingerprint density at radius 2 is 2.00 bits per heavy atom. The Balaban J connectivity index is 2.17. The highest BCUT2D eigenvalue weighted by Gasteiger charge is 2.20. The van der Waals surface area contributed by atoms with Gasteiger partial charge in [0.25, 0.3) is 5.91 Å². The first-order chi connectivity index (χ1) is 12.1. The molecule has 25 heavy (non-hydrogen) atoms. The van der Waals surface area contributed by atoms with E-state index in [2.05, 4.69) is 43.1 Å². The van der Waals surface area contributed by atoms with Crippen molar-refractivity contribution in [3.63, 3.8) is 0 Å². The fourth-order valence-corrected chi connectivity index (χ4v) is 3.97. The molecule has 1 unspecified atom stereocenters. The molecule has 1 heterocycles. The van der Waals surface area contributed by atoms with Crippen LogP contribution in [0.2, 0.25) is 0 Å². The van der Waals surface area contributed by atoms with Gasteiger partial charge in [0.05, 0.1) is 18.0 Å². The van der Waals surface area contributed by atoms with Crippen molar-refractivity contribution in [2.45, 2.75) is 33.2 Å². The molecular weight excluding hydrogens is 332 g/mol. The Hall–Kier alpha value is -1.85. The number of thiophene rings is 1. The number of hydrogen-bond acceptors (Lipinski definition) is 4. The van der Waals surface area contributed by atoms with Crippen LogP contribution in [0, 0.1) is 0 Å². The zero-order valence-corrected chi connectivity index (χ0v) is 16.4. The maximum absolute atomic E-state index is 12.6. The van der Waals surface area contributed by atoms with Crippen molar-refractivity contribution in [2.75, 3.05) is 26.7 Å². The molecule has 0 bridgehead atoms. The van der Waals surface area contributed by atoms with Crippen molar-refractivity contribution >= 4 is 17.2 Å². The van der Waals surface area contributed by atoms with Crippen LogP contribution < -0.4 is 10.1 Å². The number of amides is 1. The van der Waals surface area contributed by atoms with E-state index in [4.69, 9.17) is 4.74 Å². The van der Waals surface area contributed by atoms with Crippen LogP contribution in [0.4, 0.5) is 0 Å². The third kappa shape index (κ3) is 4.83. The minimum absolute atomic E-state index is 0.0203. The number of carbonyl (C=O) groups excluding carboxylic acids is 1. The van der Waals surface area contributed by atoms with Crippen molar-refractivity contribution in [2.24, 2.45) is 0 Å². The van der Waals surface area contributed by atoms with Gasteiger partial charge in [-0.2, -0.15) is 0 Å². The largest absolute Gasteiger partial charge is 0.497 e. The van der Waals surface area contributed by atoms with Crippen LogP contribution in [0.25, 0.3) is 0 Å². The lowest BCUT2D eigenvalue weighted by atomic mass is 10.0. The minimum Gasteiger partial charge on any atom is -0.497 e. The highest BCUT2D eigenvalue weighted by Crippen LogP contribution is 2.24. The summed E-state index contributed by atoms with van der Waals surface area (Å²) in [7, 11) is 1.68. The van der Waals surface area contributed by atoms with Gasteiger partial charge in [-0.3, -0.25) is 9.69 Å². The molecule has 2 rings (SSSR count). The summed E-state index contributed by atoms with van der Waals surface area (Å²) in [4.78, 5) is 15.8. The van der Waals surface area contributed by atoms with E-state index in [1.807, 2.05) is 23.6 Å². The minimum atomic E-state index is 0.0203. The quantitative estimate of drug-likeness (QED) is 0.731. The predicted octanol–water partition coefficient (Wildman–Crippen LogP) is 4.13. The molecule has 1 aromatic carbocycles. The topological polar surface area (TPSA) is 41.6 Å². The molecule has 2 aromatic rings. The third-order valence-electron chi connectivity index (χ3n) is 4.52. The lowest BCUT2D eigenvalue weighted by molar-refractivity contribution is 0.0938. The summed E-state index contributed by atoms with van der Waals surface area (Å²) in [5, 5.41) is 5.12. The normalized spacial score (nSPS) is 12.2. The number of methoxy groups -OCH3 is 1. The van der Waals surface area contributed by atoms with Crippen LogP contribution in [0.5, 0.6) is 5.75 Å². The monoisotopic (exact) mass is 360 g/mol. The number of aryl methyl sites for hydroxylation is 1. The van der Waals surface area contributed by atoms with Gasteiger partial charge in [-0.1, -0.05) is 32.9 Å². The molecule has 0 aliphatic carbocycles. The fraction of sp³-hybridized carbons (Fsp3) is 0.450. The van der Waals surface area contributed by atoms with Gasteiger partial charge in [-0.25, -0.2) is 0 Å². The first-order valence-corrected chi connectivity index (χ1v) is 9.75. The third-order valence-corrected chi connectivity index (χ3v) is 5.48. The second kappa shape index (κ2) is 9.59. The number of ether oxygens (including phenoxy) is 1. The van der Waals surface area contributed by atoms with Crippen LogP contribution in [0.15, 0.2) is 35.7 Å². The number of hydrogen-bond donors (Lipinski definition) is 1. The molecule has 1 aromatic heterocycles. The molecule has 1 atom stereocenters. The Bertz CT molecular complexity index is 680. The first-order valence-electron chi connectivity index (χ1n) is 8.87. The van der Waals surface area contributed by atoms with Crippen molar-refractivity contribution in [1.29, 1.82) is 0 Å². The summed E-state index contributed by atoms with van der Waals surface area (Å²) in [6.45, 7) is 8.79. The summed E-state index contributed by atoms with van der Waals surface area (Å²) in [6, 6.07) is 10.3. The number of rotatable bonds is 9. The Morgan fingerprint density at radius 3 is 2.64 bits per heavy atom. The second-order valence-corrected chi connectivity index (χ2v) is 6.77. The average molecular weight is 361 g/mol. The van der Waals surface area contributed by atoms with Gasteiger partial charge in [0.15, 0.2) is 0 Å². The van der Waals surface area contributed by atoms with E-state index >= 15 is 0 Å². The molecule has 0 fully saturated rings.